The first kappa shape index (κ1) is 10.8. The molecule has 0 amide bonds. The highest BCUT2D eigenvalue weighted by atomic mass is 16.3. The van der Waals surface area contributed by atoms with Gasteiger partial charge in [-0.05, 0) is 49.0 Å². The highest BCUT2D eigenvalue weighted by Crippen LogP contribution is 2.56. The van der Waals surface area contributed by atoms with E-state index in [0.717, 1.165) is 37.5 Å². The maximum atomic E-state index is 9.66. The third-order valence-electron chi connectivity index (χ3n) is 4.32. The minimum Gasteiger partial charge on any atom is -0.513 e. The van der Waals surface area contributed by atoms with Crippen LogP contribution in [-0.2, 0) is 0 Å². The summed E-state index contributed by atoms with van der Waals surface area (Å²) in [6, 6.07) is 0. The summed E-state index contributed by atoms with van der Waals surface area (Å²) in [4.78, 5) is 0. The second-order valence-corrected chi connectivity index (χ2v) is 5.84. The second-order valence-electron chi connectivity index (χ2n) is 5.84. The van der Waals surface area contributed by atoms with E-state index in [-0.39, 0.29) is 0 Å². The first-order chi connectivity index (χ1) is 7.00. The minimum absolute atomic E-state index is 0.457. The van der Waals surface area contributed by atoms with Crippen LogP contribution in [0.25, 0.3) is 0 Å². The molecule has 2 atom stereocenters. The monoisotopic (exact) mass is 206 g/mol. The van der Waals surface area contributed by atoms with E-state index in [2.05, 4.69) is 20.4 Å². The minimum atomic E-state index is 0.457. The normalized spacial score (nSPS) is 38.8. The van der Waals surface area contributed by atoms with Gasteiger partial charge in [-0.3, -0.25) is 0 Å². The fraction of sp³-hybridized carbons (Fsp3) is 0.714. The summed E-state index contributed by atoms with van der Waals surface area (Å²) in [5, 5.41) is 9.66. The summed E-state index contributed by atoms with van der Waals surface area (Å²) in [7, 11) is 0. The third kappa shape index (κ3) is 1.97. The molecule has 0 heterocycles. The number of hydrogen-bond donors (Lipinski definition) is 1. The van der Waals surface area contributed by atoms with Gasteiger partial charge in [0.2, 0.25) is 0 Å². The van der Waals surface area contributed by atoms with Crippen molar-refractivity contribution in [1.82, 2.24) is 0 Å². The molecule has 84 valence electrons. The van der Waals surface area contributed by atoms with Gasteiger partial charge in [0.15, 0.2) is 0 Å². The van der Waals surface area contributed by atoms with Crippen LogP contribution in [0, 0.1) is 17.3 Å². The SMILES string of the molecule is C=C1CC/C=C(/O)CC[C@@H]2[C@H]1CC2(C)C. The van der Waals surface area contributed by atoms with Gasteiger partial charge in [0, 0.05) is 6.42 Å². The van der Waals surface area contributed by atoms with E-state index in [4.69, 9.17) is 0 Å². The zero-order chi connectivity index (χ0) is 11.1. The van der Waals surface area contributed by atoms with Crippen molar-refractivity contribution in [1.29, 1.82) is 0 Å². The van der Waals surface area contributed by atoms with E-state index in [1.54, 1.807) is 0 Å². The molecule has 0 unspecified atom stereocenters. The van der Waals surface area contributed by atoms with Crippen molar-refractivity contribution < 1.29 is 5.11 Å². The fourth-order valence-corrected chi connectivity index (χ4v) is 3.28. The summed E-state index contributed by atoms with van der Waals surface area (Å²) in [6.07, 6.45) is 7.27. The molecule has 2 aliphatic rings. The molecule has 0 spiro atoms. The van der Waals surface area contributed by atoms with Gasteiger partial charge in [-0.15, -0.1) is 0 Å². The van der Waals surface area contributed by atoms with Crippen LogP contribution < -0.4 is 0 Å². The molecule has 1 fully saturated rings. The van der Waals surface area contributed by atoms with Gasteiger partial charge in [0.05, 0.1) is 5.76 Å². The predicted molar refractivity (Wildman–Crippen MR) is 63.7 cm³/mol. The Morgan fingerprint density at radius 1 is 1.40 bits per heavy atom. The average Bonchev–Trinajstić information content (AvgIpc) is 2.18. The van der Waals surface area contributed by atoms with Crippen LogP contribution in [0.2, 0.25) is 0 Å². The summed E-state index contributed by atoms with van der Waals surface area (Å²) >= 11 is 0. The number of allylic oxidation sites excluding steroid dienone is 3. The number of aliphatic hydroxyl groups excluding tert-OH is 1. The van der Waals surface area contributed by atoms with Gasteiger partial charge in [-0.2, -0.15) is 0 Å². The largest absolute Gasteiger partial charge is 0.513 e. The van der Waals surface area contributed by atoms with Crippen molar-refractivity contribution in [3.05, 3.63) is 24.0 Å². The first-order valence-corrected chi connectivity index (χ1v) is 6.06. The van der Waals surface area contributed by atoms with Crippen LogP contribution in [0.15, 0.2) is 24.0 Å². The molecule has 0 bridgehead atoms. The van der Waals surface area contributed by atoms with Crippen molar-refractivity contribution >= 4 is 0 Å². The van der Waals surface area contributed by atoms with E-state index >= 15 is 0 Å². The van der Waals surface area contributed by atoms with Crippen molar-refractivity contribution in [2.45, 2.75) is 46.0 Å². The van der Waals surface area contributed by atoms with E-state index in [1.807, 2.05) is 6.08 Å². The predicted octanol–water partition coefficient (Wildman–Crippen LogP) is 4.22. The molecule has 1 saturated carbocycles. The maximum Gasteiger partial charge on any atom is 0.0883 e. The average molecular weight is 206 g/mol. The van der Waals surface area contributed by atoms with Gasteiger partial charge in [0.1, 0.15) is 0 Å². The Morgan fingerprint density at radius 3 is 2.80 bits per heavy atom. The van der Waals surface area contributed by atoms with Crippen LogP contribution in [0.5, 0.6) is 0 Å². The number of hydrogen-bond acceptors (Lipinski definition) is 1. The Balaban J connectivity index is 2.12. The Labute approximate surface area is 92.9 Å². The second kappa shape index (κ2) is 3.70. The van der Waals surface area contributed by atoms with Gasteiger partial charge in [0.25, 0.3) is 0 Å². The van der Waals surface area contributed by atoms with Crippen LogP contribution in [0.1, 0.15) is 46.0 Å². The topological polar surface area (TPSA) is 20.2 Å². The lowest BCUT2D eigenvalue weighted by molar-refractivity contribution is 0.00241. The lowest BCUT2D eigenvalue weighted by atomic mass is 9.52. The first-order valence-electron chi connectivity index (χ1n) is 6.06. The van der Waals surface area contributed by atoms with Crippen LogP contribution in [-0.4, -0.2) is 5.11 Å². The Kier molecular flexibility index (Phi) is 2.66. The van der Waals surface area contributed by atoms with Crippen LogP contribution >= 0.6 is 0 Å². The molecule has 0 aromatic carbocycles. The van der Waals surface area contributed by atoms with Gasteiger partial charge in [-0.1, -0.05) is 26.0 Å². The summed E-state index contributed by atoms with van der Waals surface area (Å²) in [6.45, 7) is 8.91. The summed E-state index contributed by atoms with van der Waals surface area (Å²) < 4.78 is 0. The van der Waals surface area contributed by atoms with Crippen molar-refractivity contribution in [2.75, 3.05) is 0 Å². The van der Waals surface area contributed by atoms with Crippen molar-refractivity contribution in [3.8, 4) is 0 Å². The molecule has 1 N–H and O–H groups in total. The molecule has 2 rings (SSSR count). The molecule has 0 radical (unpaired) electrons. The van der Waals surface area contributed by atoms with Gasteiger partial charge < -0.3 is 5.11 Å². The zero-order valence-electron chi connectivity index (χ0n) is 9.92. The van der Waals surface area contributed by atoms with E-state index in [1.165, 1.54) is 12.0 Å². The lowest BCUT2D eigenvalue weighted by Gasteiger charge is -2.53. The Hall–Kier alpha value is -0.720. The van der Waals surface area contributed by atoms with Crippen LogP contribution in [0.4, 0.5) is 0 Å². The molecule has 0 aromatic rings. The summed E-state index contributed by atoms with van der Waals surface area (Å²) in [5.41, 5.74) is 1.86. The molecular weight excluding hydrogens is 184 g/mol. The molecule has 1 heteroatoms. The smallest absolute Gasteiger partial charge is 0.0883 e. The fourth-order valence-electron chi connectivity index (χ4n) is 3.28. The van der Waals surface area contributed by atoms with Gasteiger partial charge >= 0.3 is 0 Å². The standard InChI is InChI=1S/C14H22O/c1-10-5-4-6-11(15)7-8-13-12(10)9-14(13,2)3/h6,12-13,15H,1,4-5,7-9H2,2-3H3/b11-6+/t12-,13+/m0/s1. The summed E-state index contributed by atoms with van der Waals surface area (Å²) in [5.74, 6) is 2.05. The van der Waals surface area contributed by atoms with E-state index in [0.29, 0.717) is 11.2 Å². The quantitative estimate of drug-likeness (QED) is 0.588. The van der Waals surface area contributed by atoms with Crippen molar-refractivity contribution in [3.63, 3.8) is 0 Å². The Morgan fingerprint density at radius 2 is 2.13 bits per heavy atom. The molecule has 0 saturated heterocycles. The third-order valence-corrected chi connectivity index (χ3v) is 4.32. The molecule has 0 aliphatic heterocycles. The van der Waals surface area contributed by atoms with Gasteiger partial charge in [-0.25, -0.2) is 0 Å². The molecule has 1 nitrogen and oxygen atoms in total. The highest BCUT2D eigenvalue weighted by Gasteiger charge is 2.47. The van der Waals surface area contributed by atoms with Crippen LogP contribution in [0.3, 0.4) is 0 Å². The molecular formula is C14H22O. The highest BCUT2D eigenvalue weighted by molar-refractivity contribution is 5.15. The number of rotatable bonds is 0. The molecule has 2 aliphatic carbocycles. The molecule has 0 aromatic heterocycles. The van der Waals surface area contributed by atoms with E-state index < -0.39 is 0 Å². The zero-order valence-corrected chi connectivity index (χ0v) is 9.92. The Bertz CT molecular complexity index is 298. The van der Waals surface area contributed by atoms with E-state index in [9.17, 15) is 5.11 Å². The van der Waals surface area contributed by atoms with Crippen molar-refractivity contribution in [2.24, 2.45) is 17.3 Å². The number of fused-ring (bicyclic) bond motifs is 1. The maximum absolute atomic E-state index is 9.66. The molecule has 15 heavy (non-hydrogen) atoms. The lowest BCUT2D eigenvalue weighted by Crippen LogP contribution is -2.44. The number of aliphatic hydroxyl groups is 1.